The summed E-state index contributed by atoms with van der Waals surface area (Å²) in [4.78, 5) is 15.9. The van der Waals surface area contributed by atoms with Crippen LogP contribution in [0.3, 0.4) is 0 Å². The topological polar surface area (TPSA) is 84.5 Å². The Labute approximate surface area is 92.6 Å². The molecular weight excluding hydrogens is 232 g/mol. The van der Waals surface area contributed by atoms with Crippen molar-refractivity contribution in [2.75, 3.05) is 6.61 Å². The second-order valence-corrected chi connectivity index (χ2v) is 4.98. The Kier molecular flexibility index (Phi) is 2.90. The van der Waals surface area contributed by atoms with E-state index in [-0.39, 0.29) is 11.5 Å². The molecule has 1 aliphatic rings. The van der Waals surface area contributed by atoms with E-state index in [4.69, 9.17) is 0 Å². The number of hydrogen-bond acceptors (Lipinski definition) is 4. The summed E-state index contributed by atoms with van der Waals surface area (Å²) >= 11 is 0. The van der Waals surface area contributed by atoms with E-state index in [0.29, 0.717) is 0 Å². The highest BCUT2D eigenvalue weighted by atomic mass is 32.2. The number of sulfonamides is 1. The average Bonchev–Trinajstić information content (AvgIpc) is 2.65. The summed E-state index contributed by atoms with van der Waals surface area (Å²) in [7, 11) is -3.67. The maximum absolute atomic E-state index is 11.8. The third kappa shape index (κ3) is 2.21. The zero-order chi connectivity index (χ0) is 11.6. The van der Waals surface area contributed by atoms with Gasteiger partial charge < -0.3 is 0 Å². The van der Waals surface area contributed by atoms with Gasteiger partial charge >= 0.3 is 0 Å². The van der Waals surface area contributed by atoms with Crippen molar-refractivity contribution >= 4 is 15.9 Å². The number of nitrogens with one attached hydrogen (secondary N) is 2. The first-order valence-corrected chi connectivity index (χ1v) is 6.07. The van der Waals surface area contributed by atoms with E-state index in [9.17, 15) is 13.2 Å². The zero-order valence-electron chi connectivity index (χ0n) is 8.21. The van der Waals surface area contributed by atoms with Gasteiger partial charge in [-0.05, 0) is 12.1 Å². The first-order chi connectivity index (χ1) is 7.59. The van der Waals surface area contributed by atoms with E-state index in [1.807, 2.05) is 0 Å². The monoisotopic (exact) mass is 242 g/mol. The number of carbonyl (C=O) groups is 1. The molecule has 0 unspecified atom stereocenters. The summed E-state index contributed by atoms with van der Waals surface area (Å²) < 4.78 is 25.8. The van der Waals surface area contributed by atoms with Crippen molar-refractivity contribution in [2.45, 2.75) is 10.9 Å². The van der Waals surface area contributed by atoms with Gasteiger partial charge in [0.25, 0.3) is 5.91 Å². The maximum atomic E-state index is 11.8. The van der Waals surface area contributed by atoms with Crippen molar-refractivity contribution in [1.82, 2.24) is 10.2 Å². The van der Waals surface area contributed by atoms with Gasteiger partial charge in [-0.1, -0.05) is 18.2 Å². The van der Waals surface area contributed by atoms with Crippen LogP contribution in [0.5, 0.6) is 0 Å². The molecule has 1 saturated heterocycles. The van der Waals surface area contributed by atoms with Gasteiger partial charge in [-0.2, -0.15) is 4.72 Å². The van der Waals surface area contributed by atoms with Crippen LogP contribution < -0.4 is 10.2 Å². The molecule has 0 spiro atoms. The standard InChI is InChI=1S/C9H10N2O4S/c12-9-8(6-15-10-9)11-16(13,14)7-4-2-1-3-5-7/h1-5,8,11H,6H2,(H,10,12)/t8-/m1/s1. The number of rotatable bonds is 3. The predicted octanol–water partition coefficient (Wildman–Crippen LogP) is -0.605. The third-order valence-corrected chi connectivity index (χ3v) is 3.58. The highest BCUT2D eigenvalue weighted by molar-refractivity contribution is 7.89. The fourth-order valence-corrected chi connectivity index (χ4v) is 2.49. The molecular formula is C9H10N2O4S. The van der Waals surface area contributed by atoms with Crippen molar-refractivity contribution in [3.05, 3.63) is 30.3 Å². The summed E-state index contributed by atoms with van der Waals surface area (Å²) in [5, 5.41) is 0. The Hall–Kier alpha value is -1.44. The summed E-state index contributed by atoms with van der Waals surface area (Å²) in [6, 6.07) is 6.97. The van der Waals surface area contributed by atoms with Gasteiger partial charge in [0.1, 0.15) is 12.6 Å². The van der Waals surface area contributed by atoms with Crippen molar-refractivity contribution in [1.29, 1.82) is 0 Å². The van der Waals surface area contributed by atoms with Crippen LogP contribution in [-0.4, -0.2) is 27.0 Å². The lowest BCUT2D eigenvalue weighted by molar-refractivity contribution is -0.124. The predicted molar refractivity (Wildman–Crippen MR) is 54.6 cm³/mol. The molecule has 0 aliphatic carbocycles. The fourth-order valence-electron chi connectivity index (χ4n) is 1.29. The Morgan fingerprint density at radius 2 is 2.00 bits per heavy atom. The van der Waals surface area contributed by atoms with Crippen molar-refractivity contribution < 1.29 is 18.0 Å². The van der Waals surface area contributed by atoms with Crippen LogP contribution in [0.15, 0.2) is 35.2 Å². The second kappa shape index (κ2) is 4.20. The zero-order valence-corrected chi connectivity index (χ0v) is 9.03. The lowest BCUT2D eigenvalue weighted by Crippen LogP contribution is -2.41. The molecule has 0 radical (unpaired) electrons. The minimum atomic E-state index is -3.67. The van der Waals surface area contributed by atoms with E-state index in [2.05, 4.69) is 15.0 Å². The van der Waals surface area contributed by atoms with Crippen molar-refractivity contribution in [3.63, 3.8) is 0 Å². The molecule has 1 aromatic carbocycles. The minimum Gasteiger partial charge on any atom is -0.271 e. The van der Waals surface area contributed by atoms with Crippen LogP contribution in [0.1, 0.15) is 0 Å². The molecule has 0 aromatic heterocycles. The normalized spacial score (nSPS) is 20.8. The highest BCUT2D eigenvalue weighted by Crippen LogP contribution is 2.09. The fraction of sp³-hybridized carbons (Fsp3) is 0.222. The van der Waals surface area contributed by atoms with Crippen molar-refractivity contribution in [2.24, 2.45) is 0 Å². The average molecular weight is 242 g/mol. The van der Waals surface area contributed by atoms with Gasteiger partial charge in [0.05, 0.1) is 4.90 Å². The Balaban J connectivity index is 2.18. The van der Waals surface area contributed by atoms with E-state index >= 15 is 0 Å². The third-order valence-electron chi connectivity index (χ3n) is 2.09. The maximum Gasteiger partial charge on any atom is 0.264 e. The van der Waals surface area contributed by atoms with E-state index in [1.54, 1.807) is 18.2 Å². The van der Waals surface area contributed by atoms with E-state index in [0.717, 1.165) is 0 Å². The molecule has 1 amide bonds. The van der Waals surface area contributed by atoms with Crippen LogP contribution in [0.2, 0.25) is 0 Å². The van der Waals surface area contributed by atoms with E-state index in [1.165, 1.54) is 12.1 Å². The molecule has 16 heavy (non-hydrogen) atoms. The summed E-state index contributed by atoms with van der Waals surface area (Å²) in [6.07, 6.45) is 0. The Morgan fingerprint density at radius 1 is 1.31 bits per heavy atom. The molecule has 2 rings (SSSR count). The molecule has 1 atom stereocenters. The van der Waals surface area contributed by atoms with Gasteiger partial charge in [0.2, 0.25) is 10.0 Å². The van der Waals surface area contributed by atoms with Crippen LogP contribution in [0.4, 0.5) is 0 Å². The number of hydroxylamine groups is 1. The largest absolute Gasteiger partial charge is 0.271 e. The van der Waals surface area contributed by atoms with Gasteiger partial charge in [0, 0.05) is 0 Å². The van der Waals surface area contributed by atoms with Gasteiger partial charge in [-0.25, -0.2) is 13.9 Å². The van der Waals surface area contributed by atoms with E-state index < -0.39 is 22.0 Å². The molecule has 1 heterocycles. The Morgan fingerprint density at radius 3 is 2.56 bits per heavy atom. The van der Waals surface area contributed by atoms with Gasteiger partial charge in [-0.3, -0.25) is 9.63 Å². The summed E-state index contributed by atoms with van der Waals surface area (Å²) in [6.45, 7) is -0.00903. The molecule has 0 saturated carbocycles. The van der Waals surface area contributed by atoms with Gasteiger partial charge in [0.15, 0.2) is 0 Å². The number of benzene rings is 1. The molecule has 1 aliphatic heterocycles. The molecule has 1 fully saturated rings. The smallest absolute Gasteiger partial charge is 0.264 e. The number of hydrogen-bond donors (Lipinski definition) is 2. The lowest BCUT2D eigenvalue weighted by atomic mass is 10.3. The molecule has 0 bridgehead atoms. The first-order valence-electron chi connectivity index (χ1n) is 4.58. The molecule has 6 nitrogen and oxygen atoms in total. The van der Waals surface area contributed by atoms with Crippen LogP contribution in [0, 0.1) is 0 Å². The van der Waals surface area contributed by atoms with Crippen LogP contribution >= 0.6 is 0 Å². The lowest BCUT2D eigenvalue weighted by Gasteiger charge is -2.08. The number of carbonyl (C=O) groups excluding carboxylic acids is 1. The van der Waals surface area contributed by atoms with Gasteiger partial charge in [-0.15, -0.1) is 0 Å². The second-order valence-electron chi connectivity index (χ2n) is 3.26. The Bertz CT molecular complexity index is 485. The minimum absolute atomic E-state index is 0.00903. The summed E-state index contributed by atoms with van der Waals surface area (Å²) in [5.74, 6) is -0.487. The summed E-state index contributed by atoms with van der Waals surface area (Å²) in [5.41, 5.74) is 2.08. The van der Waals surface area contributed by atoms with Crippen LogP contribution in [-0.2, 0) is 19.7 Å². The molecule has 7 heteroatoms. The SMILES string of the molecule is O=C1NOC[C@H]1NS(=O)(=O)c1ccccc1. The highest BCUT2D eigenvalue weighted by Gasteiger charge is 2.30. The number of amides is 1. The van der Waals surface area contributed by atoms with Crippen molar-refractivity contribution in [3.8, 4) is 0 Å². The first kappa shape index (κ1) is 11.1. The molecule has 86 valence electrons. The molecule has 1 aromatic rings. The quantitative estimate of drug-likeness (QED) is 0.741. The van der Waals surface area contributed by atoms with Crippen LogP contribution in [0.25, 0.3) is 0 Å². The molecule has 2 N–H and O–H groups in total.